The molecule has 36 heavy (non-hydrogen) atoms. The summed E-state index contributed by atoms with van der Waals surface area (Å²) < 4.78 is 20.9. The predicted molar refractivity (Wildman–Crippen MR) is 143 cm³/mol. The van der Waals surface area contributed by atoms with Gasteiger partial charge in [0.2, 0.25) is 0 Å². The Balaban J connectivity index is 0.00000304. The van der Waals surface area contributed by atoms with Gasteiger partial charge in [-0.15, -0.1) is 17.5 Å². The largest absolute Gasteiger partial charge is 0.493 e. The van der Waals surface area contributed by atoms with Crippen LogP contribution in [0.4, 0.5) is 0 Å². The number of methoxy groups -OCH3 is 2. The fourth-order valence-electron chi connectivity index (χ4n) is 4.01. The zero-order valence-electron chi connectivity index (χ0n) is 20.1. The van der Waals surface area contributed by atoms with Gasteiger partial charge in [0.05, 0.1) is 19.9 Å². The molecule has 2 heterocycles. The topological polar surface area (TPSA) is 94.1 Å². The summed E-state index contributed by atoms with van der Waals surface area (Å²) in [5.41, 5.74) is 5.33. The average Bonchev–Trinajstić information content (AvgIpc) is 3.51. The zero-order chi connectivity index (χ0) is 24.5. The van der Waals surface area contributed by atoms with Crippen molar-refractivity contribution >= 4 is 52.2 Å². The maximum absolute atomic E-state index is 6.07. The van der Waals surface area contributed by atoms with Crippen LogP contribution >= 0.6 is 35.5 Å². The molecule has 0 amide bonds. The van der Waals surface area contributed by atoms with Crippen molar-refractivity contribution in [3.05, 3.63) is 51.5 Å². The SMILES string of the molecule is COc1cc2c(cc1OC)-c1[nH]c3ccc(OCCN(C)C)cc3c1/C2=N\OCc1snnc1Cl.Cl. The Morgan fingerprint density at radius 3 is 2.50 bits per heavy atom. The second-order valence-electron chi connectivity index (χ2n) is 8.19. The molecule has 12 heteroatoms. The minimum Gasteiger partial charge on any atom is -0.493 e. The number of rotatable bonds is 9. The highest BCUT2D eigenvalue weighted by atomic mass is 35.5. The summed E-state index contributed by atoms with van der Waals surface area (Å²) in [5, 5.41) is 9.65. The third kappa shape index (κ3) is 4.81. The molecule has 5 rings (SSSR count). The maximum atomic E-state index is 6.07. The number of hydrogen-bond donors (Lipinski definition) is 1. The molecule has 0 fully saturated rings. The van der Waals surface area contributed by atoms with Gasteiger partial charge in [-0.05, 0) is 56.0 Å². The van der Waals surface area contributed by atoms with Gasteiger partial charge in [-0.25, -0.2) is 0 Å². The number of fused-ring (bicyclic) bond motifs is 5. The molecular weight excluding hydrogens is 525 g/mol. The molecular formula is C24H25Cl2N5O4S. The molecule has 1 aliphatic carbocycles. The Bertz CT molecular complexity index is 1420. The number of ether oxygens (including phenoxy) is 3. The summed E-state index contributed by atoms with van der Waals surface area (Å²) in [6.45, 7) is 1.58. The van der Waals surface area contributed by atoms with Gasteiger partial charge in [-0.1, -0.05) is 21.2 Å². The lowest BCUT2D eigenvalue weighted by Gasteiger charge is -2.12. The molecule has 1 aliphatic rings. The molecule has 0 atom stereocenters. The summed E-state index contributed by atoms with van der Waals surface area (Å²) in [4.78, 5) is 12.1. The number of hydrogen-bond acceptors (Lipinski definition) is 9. The lowest BCUT2D eigenvalue weighted by Crippen LogP contribution is -2.19. The Labute approximate surface area is 223 Å². The average molecular weight is 550 g/mol. The van der Waals surface area contributed by atoms with Crippen molar-refractivity contribution in [3.63, 3.8) is 0 Å². The minimum atomic E-state index is 0. The zero-order valence-corrected chi connectivity index (χ0v) is 22.5. The van der Waals surface area contributed by atoms with Crippen molar-refractivity contribution in [2.45, 2.75) is 6.61 Å². The number of aromatic nitrogens is 3. The van der Waals surface area contributed by atoms with E-state index in [4.69, 9.17) is 30.6 Å². The van der Waals surface area contributed by atoms with Crippen LogP contribution in [0.25, 0.3) is 22.2 Å². The van der Waals surface area contributed by atoms with Crippen LogP contribution in [0.2, 0.25) is 5.15 Å². The van der Waals surface area contributed by atoms with E-state index in [-0.39, 0.29) is 19.0 Å². The highest BCUT2D eigenvalue weighted by Crippen LogP contribution is 2.46. The number of likely N-dealkylation sites (N-methyl/N-ethyl adjacent to an activating group) is 1. The maximum Gasteiger partial charge on any atom is 0.170 e. The van der Waals surface area contributed by atoms with Crippen molar-refractivity contribution in [2.24, 2.45) is 5.16 Å². The fraction of sp³-hybridized carbons (Fsp3) is 0.292. The van der Waals surface area contributed by atoms with Crippen molar-refractivity contribution in [3.8, 4) is 28.5 Å². The van der Waals surface area contributed by atoms with Crippen molar-refractivity contribution in [1.82, 2.24) is 19.5 Å². The number of aromatic amines is 1. The first-order valence-electron chi connectivity index (χ1n) is 10.9. The quantitative estimate of drug-likeness (QED) is 0.258. The fourth-order valence-corrected chi connectivity index (χ4v) is 4.69. The molecule has 4 aromatic rings. The Hall–Kier alpha value is -3.05. The first kappa shape index (κ1) is 26.0. The molecule has 0 saturated heterocycles. The van der Waals surface area contributed by atoms with E-state index in [1.165, 1.54) is 11.5 Å². The number of halogens is 2. The van der Waals surface area contributed by atoms with Gasteiger partial charge in [-0.3, -0.25) is 0 Å². The summed E-state index contributed by atoms with van der Waals surface area (Å²) in [5.74, 6) is 2.03. The smallest absolute Gasteiger partial charge is 0.170 e. The lowest BCUT2D eigenvalue weighted by molar-refractivity contribution is 0.133. The monoisotopic (exact) mass is 549 g/mol. The minimum absolute atomic E-state index is 0. The van der Waals surface area contributed by atoms with Crippen LogP contribution < -0.4 is 14.2 Å². The van der Waals surface area contributed by atoms with Gasteiger partial charge >= 0.3 is 0 Å². The van der Waals surface area contributed by atoms with Gasteiger partial charge in [0, 0.05) is 34.1 Å². The molecule has 9 nitrogen and oxygen atoms in total. The lowest BCUT2D eigenvalue weighted by atomic mass is 10.1. The molecule has 0 spiro atoms. The normalized spacial score (nSPS) is 13.0. The molecule has 2 aromatic carbocycles. The number of nitrogens with zero attached hydrogens (tertiary/aromatic N) is 4. The number of H-pyrrole nitrogens is 1. The second-order valence-corrected chi connectivity index (χ2v) is 9.38. The van der Waals surface area contributed by atoms with Gasteiger partial charge in [0.1, 0.15) is 22.9 Å². The van der Waals surface area contributed by atoms with Gasteiger partial charge < -0.3 is 28.9 Å². The highest BCUT2D eigenvalue weighted by molar-refractivity contribution is 7.06. The van der Waals surface area contributed by atoms with Crippen molar-refractivity contribution in [1.29, 1.82) is 0 Å². The van der Waals surface area contributed by atoms with Gasteiger partial charge in [-0.2, -0.15) is 0 Å². The molecule has 2 aromatic heterocycles. The summed E-state index contributed by atoms with van der Waals surface area (Å²) >= 11 is 7.25. The number of benzene rings is 2. The molecule has 0 aliphatic heterocycles. The van der Waals surface area contributed by atoms with Crippen molar-refractivity contribution in [2.75, 3.05) is 41.5 Å². The first-order valence-corrected chi connectivity index (χ1v) is 12.0. The van der Waals surface area contributed by atoms with E-state index in [0.717, 1.165) is 45.6 Å². The van der Waals surface area contributed by atoms with E-state index in [9.17, 15) is 0 Å². The van der Waals surface area contributed by atoms with E-state index >= 15 is 0 Å². The third-order valence-electron chi connectivity index (χ3n) is 5.72. The molecule has 0 bridgehead atoms. The Kier molecular flexibility index (Phi) is 7.89. The van der Waals surface area contributed by atoms with E-state index in [1.54, 1.807) is 14.2 Å². The van der Waals surface area contributed by atoms with Gasteiger partial charge in [0.25, 0.3) is 0 Å². The van der Waals surface area contributed by atoms with Crippen LogP contribution in [0.15, 0.2) is 35.5 Å². The highest BCUT2D eigenvalue weighted by Gasteiger charge is 2.32. The first-order chi connectivity index (χ1) is 17.0. The van der Waals surface area contributed by atoms with Crippen LogP contribution in [0, 0.1) is 0 Å². The summed E-state index contributed by atoms with van der Waals surface area (Å²) in [7, 11) is 7.26. The predicted octanol–water partition coefficient (Wildman–Crippen LogP) is 5.00. The number of oxime groups is 1. The van der Waals surface area contributed by atoms with Crippen LogP contribution in [0.1, 0.15) is 16.0 Å². The van der Waals surface area contributed by atoms with E-state index in [2.05, 4.69) is 24.6 Å². The second kappa shape index (κ2) is 10.9. The summed E-state index contributed by atoms with van der Waals surface area (Å²) in [6, 6.07) is 9.86. The summed E-state index contributed by atoms with van der Waals surface area (Å²) in [6.07, 6.45) is 0. The van der Waals surface area contributed by atoms with Crippen molar-refractivity contribution < 1.29 is 19.0 Å². The van der Waals surface area contributed by atoms with Crippen LogP contribution in [0.3, 0.4) is 0 Å². The molecule has 0 radical (unpaired) electrons. The molecule has 190 valence electrons. The van der Waals surface area contributed by atoms with Gasteiger partial charge in [0.15, 0.2) is 23.3 Å². The van der Waals surface area contributed by atoms with Crippen LogP contribution in [0.5, 0.6) is 17.2 Å². The molecule has 0 unspecified atom stereocenters. The van der Waals surface area contributed by atoms with E-state index in [1.807, 2.05) is 44.4 Å². The molecule has 0 saturated carbocycles. The molecule has 1 N–H and O–H groups in total. The van der Waals surface area contributed by atoms with E-state index in [0.29, 0.717) is 33.8 Å². The standard InChI is InChI=1S/C24H24ClN5O4S.ClH/c1-30(2)7-8-33-13-5-6-17-16(9-13)21-22(26-17)14-10-18(31-3)19(32-4)11-15(14)23(21)28-34-12-20-24(25)27-29-35-20;/h5-6,9-11,26H,7-8,12H2,1-4H3;1H/b28-23-;. The Morgan fingerprint density at radius 2 is 1.83 bits per heavy atom. The Morgan fingerprint density at radius 1 is 1.08 bits per heavy atom. The third-order valence-corrected chi connectivity index (χ3v) is 6.83. The number of nitrogens with one attached hydrogen (secondary N) is 1. The van der Waals surface area contributed by atoms with Crippen LogP contribution in [-0.2, 0) is 11.4 Å². The van der Waals surface area contributed by atoms with E-state index < -0.39 is 0 Å². The van der Waals surface area contributed by atoms with Crippen LogP contribution in [-0.4, -0.2) is 66.6 Å².